The molecule has 0 aliphatic heterocycles. The molecule has 0 bridgehead atoms. The van der Waals surface area contributed by atoms with Gasteiger partial charge in [-0.3, -0.25) is 4.79 Å². The number of thioether (sulfide) groups is 1. The van der Waals surface area contributed by atoms with Crippen molar-refractivity contribution in [2.45, 2.75) is 48.2 Å². The van der Waals surface area contributed by atoms with Crippen LogP contribution in [0.4, 0.5) is 18.9 Å². The van der Waals surface area contributed by atoms with Crippen LogP contribution in [0, 0.1) is 0 Å². The average Bonchev–Trinajstić information content (AvgIpc) is 3.24. The van der Waals surface area contributed by atoms with Crippen LogP contribution in [-0.2, 0) is 6.18 Å². The van der Waals surface area contributed by atoms with E-state index in [1.165, 1.54) is 23.5 Å². The number of hydrogen-bond donors (Lipinski definition) is 2. The summed E-state index contributed by atoms with van der Waals surface area (Å²) in [4.78, 5) is 16.9. The molecule has 1 aromatic carbocycles. The van der Waals surface area contributed by atoms with Crippen molar-refractivity contribution in [1.29, 1.82) is 0 Å². The third-order valence-corrected chi connectivity index (χ3v) is 7.89. The Labute approximate surface area is 196 Å². The minimum Gasteiger partial charge on any atom is -0.382 e. The maximum absolute atomic E-state index is 13.3. The lowest BCUT2D eigenvalue weighted by molar-refractivity contribution is -0.140. The van der Waals surface area contributed by atoms with Gasteiger partial charge in [0.05, 0.1) is 14.6 Å². The summed E-state index contributed by atoms with van der Waals surface area (Å²) in [5, 5.41) is 7.34. The van der Waals surface area contributed by atoms with Gasteiger partial charge in [0.15, 0.2) is 0 Å². The van der Waals surface area contributed by atoms with Crippen LogP contribution < -0.4 is 10.6 Å². The molecule has 0 spiro atoms. The lowest BCUT2D eigenvalue weighted by Crippen LogP contribution is -2.40. The van der Waals surface area contributed by atoms with Gasteiger partial charge in [0.25, 0.3) is 5.91 Å². The van der Waals surface area contributed by atoms with Crippen LogP contribution in [0.25, 0.3) is 10.9 Å². The number of carbonyl (C=O) groups is 1. The molecule has 1 aliphatic rings. The van der Waals surface area contributed by atoms with E-state index in [4.69, 9.17) is 11.6 Å². The number of anilines is 1. The van der Waals surface area contributed by atoms with E-state index in [-0.39, 0.29) is 23.5 Å². The zero-order valence-corrected chi connectivity index (χ0v) is 19.5. The molecule has 1 amide bonds. The fourth-order valence-electron chi connectivity index (χ4n) is 3.87. The highest BCUT2D eigenvalue weighted by atomic mass is 35.5. The van der Waals surface area contributed by atoms with Gasteiger partial charge in [-0.1, -0.05) is 11.6 Å². The highest BCUT2D eigenvalue weighted by molar-refractivity contribution is 8.00. The molecule has 3 aromatic rings. The normalized spacial score (nSPS) is 19.2. The van der Waals surface area contributed by atoms with Gasteiger partial charge in [0.1, 0.15) is 5.69 Å². The summed E-state index contributed by atoms with van der Waals surface area (Å²) in [7, 11) is 0. The number of thiophene rings is 1. The fraction of sp³-hybridized carbons (Fsp3) is 0.364. The van der Waals surface area contributed by atoms with E-state index in [1.807, 2.05) is 18.4 Å². The van der Waals surface area contributed by atoms with Gasteiger partial charge in [-0.2, -0.15) is 13.2 Å². The van der Waals surface area contributed by atoms with E-state index in [0.29, 0.717) is 21.0 Å². The molecular weight excluding hydrogens is 479 g/mol. The lowest BCUT2D eigenvalue weighted by atomic mass is 9.90. The van der Waals surface area contributed by atoms with Crippen molar-refractivity contribution in [3.8, 4) is 0 Å². The first-order valence-corrected chi connectivity index (χ1v) is 12.5. The van der Waals surface area contributed by atoms with E-state index in [9.17, 15) is 18.0 Å². The molecule has 32 heavy (non-hydrogen) atoms. The molecule has 4 nitrogen and oxygen atoms in total. The van der Waals surface area contributed by atoms with Crippen molar-refractivity contribution in [2.75, 3.05) is 11.6 Å². The maximum Gasteiger partial charge on any atom is 0.433 e. The molecule has 2 aromatic heterocycles. The van der Waals surface area contributed by atoms with Gasteiger partial charge in [-0.15, -0.1) is 23.1 Å². The molecule has 1 saturated carbocycles. The van der Waals surface area contributed by atoms with Crippen LogP contribution in [0.5, 0.6) is 0 Å². The van der Waals surface area contributed by atoms with Crippen LogP contribution in [0.2, 0.25) is 5.02 Å². The van der Waals surface area contributed by atoms with Gasteiger partial charge < -0.3 is 10.6 Å². The maximum atomic E-state index is 13.3. The highest BCUT2D eigenvalue weighted by Crippen LogP contribution is 2.35. The topological polar surface area (TPSA) is 54.0 Å². The summed E-state index contributed by atoms with van der Waals surface area (Å²) >= 11 is 9.15. The second kappa shape index (κ2) is 9.49. The number of carbonyl (C=O) groups excluding carboxylic acids is 1. The minimum atomic E-state index is -4.54. The number of amides is 1. The van der Waals surface area contributed by atoms with Gasteiger partial charge in [0.2, 0.25) is 0 Å². The van der Waals surface area contributed by atoms with E-state index in [1.54, 1.807) is 17.8 Å². The standard InChI is InChI=1S/C22H21ClF3N3OS2/c1-31-20-9-8-18(32-20)21(30)28-14-5-3-13(4-6-14)27-17-11-19(22(24,25)26)29-16-7-2-12(23)10-15(16)17/h2,7-11,13-14H,3-6H2,1H3,(H,27,29)(H,28,30)/t13-,14+. The number of hydrogen-bond acceptors (Lipinski definition) is 5. The molecule has 0 saturated heterocycles. The molecule has 2 heterocycles. The van der Waals surface area contributed by atoms with Crippen LogP contribution >= 0.6 is 34.7 Å². The Hall–Kier alpha value is -1.97. The van der Waals surface area contributed by atoms with E-state index in [0.717, 1.165) is 36.0 Å². The van der Waals surface area contributed by atoms with Crippen molar-refractivity contribution < 1.29 is 18.0 Å². The first-order chi connectivity index (χ1) is 15.2. The lowest BCUT2D eigenvalue weighted by Gasteiger charge is -2.30. The second-order valence-electron chi connectivity index (χ2n) is 7.70. The Bertz CT molecular complexity index is 1130. The number of benzene rings is 1. The zero-order valence-electron chi connectivity index (χ0n) is 17.1. The van der Waals surface area contributed by atoms with Crippen molar-refractivity contribution in [1.82, 2.24) is 10.3 Å². The van der Waals surface area contributed by atoms with Crippen LogP contribution in [0.15, 0.2) is 40.6 Å². The minimum absolute atomic E-state index is 0.00125. The van der Waals surface area contributed by atoms with Crippen LogP contribution in [0.3, 0.4) is 0 Å². The zero-order chi connectivity index (χ0) is 22.9. The molecular formula is C22H21ClF3N3OS2. The molecule has 10 heteroatoms. The Kier molecular flexibility index (Phi) is 6.88. The summed E-state index contributed by atoms with van der Waals surface area (Å²) in [5.74, 6) is -0.0729. The quantitative estimate of drug-likeness (QED) is 0.377. The monoisotopic (exact) mass is 499 g/mol. The predicted molar refractivity (Wildman–Crippen MR) is 125 cm³/mol. The molecule has 2 N–H and O–H groups in total. The largest absolute Gasteiger partial charge is 0.433 e. The molecule has 0 atom stereocenters. The van der Waals surface area contributed by atoms with Gasteiger partial charge in [0, 0.05) is 28.2 Å². The molecule has 0 unspecified atom stereocenters. The second-order valence-corrected chi connectivity index (χ2v) is 10.3. The number of halogens is 4. The number of pyridine rings is 1. The summed E-state index contributed by atoms with van der Waals surface area (Å²) in [6, 6.07) is 9.52. The number of fused-ring (bicyclic) bond motifs is 1. The Balaban J connectivity index is 1.43. The van der Waals surface area contributed by atoms with Gasteiger partial charge in [-0.05, 0) is 68.3 Å². The third-order valence-electron chi connectivity index (χ3n) is 5.49. The molecule has 0 radical (unpaired) electrons. The summed E-state index contributed by atoms with van der Waals surface area (Å²) in [5.41, 5.74) is -0.315. The fourth-order valence-corrected chi connectivity index (χ4v) is 5.49. The Morgan fingerprint density at radius 3 is 2.50 bits per heavy atom. The molecule has 1 fully saturated rings. The number of rotatable bonds is 5. The van der Waals surface area contributed by atoms with Crippen molar-refractivity contribution in [3.05, 3.63) is 52.0 Å². The first-order valence-electron chi connectivity index (χ1n) is 10.1. The number of nitrogens with zero attached hydrogens (tertiary/aromatic N) is 1. The Morgan fingerprint density at radius 1 is 1.12 bits per heavy atom. The Morgan fingerprint density at radius 2 is 1.84 bits per heavy atom. The third kappa shape index (κ3) is 5.32. The molecule has 4 rings (SSSR count). The smallest absolute Gasteiger partial charge is 0.382 e. The predicted octanol–water partition coefficient (Wildman–Crippen LogP) is 6.84. The van der Waals surface area contributed by atoms with Crippen molar-refractivity contribution in [3.63, 3.8) is 0 Å². The first kappa shape index (κ1) is 23.2. The highest BCUT2D eigenvalue weighted by Gasteiger charge is 2.34. The van der Waals surface area contributed by atoms with E-state index in [2.05, 4.69) is 15.6 Å². The van der Waals surface area contributed by atoms with Crippen molar-refractivity contribution in [2.24, 2.45) is 0 Å². The average molecular weight is 500 g/mol. The van der Waals surface area contributed by atoms with E-state index < -0.39 is 11.9 Å². The summed E-state index contributed by atoms with van der Waals surface area (Å²) in [6.45, 7) is 0. The van der Waals surface area contributed by atoms with E-state index >= 15 is 0 Å². The SMILES string of the molecule is CSc1ccc(C(=O)N[C@H]2CC[C@@H](Nc3cc(C(F)(F)F)nc4ccc(Cl)cc34)CC2)s1. The van der Waals surface area contributed by atoms with Crippen LogP contribution in [-0.4, -0.2) is 29.2 Å². The van der Waals surface area contributed by atoms with Crippen molar-refractivity contribution >= 4 is 57.2 Å². The number of nitrogens with one attached hydrogen (secondary N) is 2. The van der Waals surface area contributed by atoms with Crippen LogP contribution in [0.1, 0.15) is 41.0 Å². The summed E-state index contributed by atoms with van der Waals surface area (Å²) in [6.07, 6.45) is 0.401. The number of alkyl halides is 3. The molecule has 1 aliphatic carbocycles. The number of aromatic nitrogens is 1. The molecule has 170 valence electrons. The summed E-state index contributed by atoms with van der Waals surface area (Å²) < 4.78 is 41.1. The van der Waals surface area contributed by atoms with Gasteiger partial charge >= 0.3 is 6.18 Å². The van der Waals surface area contributed by atoms with Gasteiger partial charge in [-0.25, -0.2) is 4.98 Å².